The first kappa shape index (κ1) is 12.0. The van der Waals surface area contributed by atoms with Crippen LogP contribution in [0.3, 0.4) is 0 Å². The highest BCUT2D eigenvalue weighted by Gasteiger charge is 2.09. The maximum Gasteiger partial charge on any atom is 0.334 e. The summed E-state index contributed by atoms with van der Waals surface area (Å²) in [6.45, 7) is 2.20. The maximum atomic E-state index is 11.5. The van der Waals surface area contributed by atoms with Gasteiger partial charge in [-0.1, -0.05) is 46.3 Å². The van der Waals surface area contributed by atoms with Crippen molar-refractivity contribution >= 4 is 21.9 Å². The molecular formula is C12H13BrO2. The first-order valence-electron chi connectivity index (χ1n) is 4.78. The van der Waals surface area contributed by atoms with E-state index < -0.39 is 0 Å². The maximum absolute atomic E-state index is 11.5. The molecular weight excluding hydrogens is 256 g/mol. The SMILES string of the molecule is CCOC(=O)/C(=C/Br)Cc1ccccc1. The second-order valence-electron chi connectivity index (χ2n) is 3.02. The number of rotatable bonds is 4. The fourth-order valence-corrected chi connectivity index (χ4v) is 1.54. The number of halogens is 1. The van der Waals surface area contributed by atoms with E-state index in [0.717, 1.165) is 5.56 Å². The number of carbonyl (C=O) groups excluding carboxylic acids is 1. The zero-order valence-corrected chi connectivity index (χ0v) is 10.2. The van der Waals surface area contributed by atoms with Crippen LogP contribution in [0.4, 0.5) is 0 Å². The van der Waals surface area contributed by atoms with Gasteiger partial charge in [0.05, 0.1) is 6.61 Å². The van der Waals surface area contributed by atoms with Crippen LogP contribution >= 0.6 is 15.9 Å². The van der Waals surface area contributed by atoms with E-state index in [1.54, 1.807) is 11.9 Å². The van der Waals surface area contributed by atoms with Gasteiger partial charge in [0.25, 0.3) is 0 Å². The first-order chi connectivity index (χ1) is 7.27. The number of benzene rings is 1. The van der Waals surface area contributed by atoms with Gasteiger partial charge in [-0.15, -0.1) is 0 Å². The third-order valence-corrected chi connectivity index (χ3v) is 2.46. The molecule has 0 bridgehead atoms. The van der Waals surface area contributed by atoms with Crippen LogP contribution in [-0.2, 0) is 16.0 Å². The molecule has 0 aromatic heterocycles. The Labute approximate surface area is 98.1 Å². The quantitative estimate of drug-likeness (QED) is 0.620. The topological polar surface area (TPSA) is 26.3 Å². The van der Waals surface area contributed by atoms with Crippen molar-refractivity contribution in [2.45, 2.75) is 13.3 Å². The predicted octanol–water partition coefficient (Wildman–Crippen LogP) is 3.07. The van der Waals surface area contributed by atoms with Crippen molar-refractivity contribution in [2.24, 2.45) is 0 Å². The molecule has 0 heterocycles. The Hall–Kier alpha value is -1.09. The minimum Gasteiger partial charge on any atom is -0.463 e. The summed E-state index contributed by atoms with van der Waals surface area (Å²) in [5.74, 6) is -0.266. The van der Waals surface area contributed by atoms with E-state index in [-0.39, 0.29) is 5.97 Å². The molecule has 0 spiro atoms. The fraction of sp³-hybridized carbons (Fsp3) is 0.250. The van der Waals surface area contributed by atoms with Crippen molar-refractivity contribution in [1.82, 2.24) is 0 Å². The van der Waals surface area contributed by atoms with E-state index in [1.807, 2.05) is 30.3 Å². The lowest BCUT2D eigenvalue weighted by atomic mass is 10.1. The van der Waals surface area contributed by atoms with Crippen LogP contribution in [0.15, 0.2) is 40.9 Å². The summed E-state index contributed by atoms with van der Waals surface area (Å²) in [7, 11) is 0. The van der Waals surface area contributed by atoms with Crippen LogP contribution in [0.5, 0.6) is 0 Å². The number of carbonyl (C=O) groups is 1. The van der Waals surface area contributed by atoms with Crippen LogP contribution in [0.1, 0.15) is 12.5 Å². The van der Waals surface area contributed by atoms with Gasteiger partial charge in [0.2, 0.25) is 0 Å². The van der Waals surface area contributed by atoms with Crippen molar-refractivity contribution < 1.29 is 9.53 Å². The molecule has 0 amide bonds. The average Bonchev–Trinajstić information content (AvgIpc) is 2.27. The monoisotopic (exact) mass is 268 g/mol. The minimum absolute atomic E-state index is 0.266. The molecule has 2 nitrogen and oxygen atoms in total. The summed E-state index contributed by atoms with van der Waals surface area (Å²) in [5.41, 5.74) is 1.72. The molecule has 0 fully saturated rings. The molecule has 0 aliphatic heterocycles. The smallest absolute Gasteiger partial charge is 0.334 e. The van der Waals surface area contributed by atoms with Gasteiger partial charge in [0, 0.05) is 12.0 Å². The molecule has 1 rings (SSSR count). The van der Waals surface area contributed by atoms with Crippen LogP contribution in [0.25, 0.3) is 0 Å². The van der Waals surface area contributed by atoms with Gasteiger partial charge in [0.15, 0.2) is 0 Å². The van der Waals surface area contributed by atoms with Gasteiger partial charge in [-0.3, -0.25) is 0 Å². The van der Waals surface area contributed by atoms with E-state index in [0.29, 0.717) is 18.6 Å². The van der Waals surface area contributed by atoms with Crippen molar-refractivity contribution in [3.63, 3.8) is 0 Å². The van der Waals surface area contributed by atoms with Gasteiger partial charge >= 0.3 is 5.97 Å². The van der Waals surface area contributed by atoms with Gasteiger partial charge in [-0.2, -0.15) is 0 Å². The average molecular weight is 269 g/mol. The summed E-state index contributed by atoms with van der Waals surface area (Å²) >= 11 is 3.18. The van der Waals surface area contributed by atoms with Crippen molar-refractivity contribution in [3.8, 4) is 0 Å². The van der Waals surface area contributed by atoms with Gasteiger partial charge in [0.1, 0.15) is 0 Å². The highest BCUT2D eigenvalue weighted by Crippen LogP contribution is 2.11. The second kappa shape index (κ2) is 6.40. The minimum atomic E-state index is -0.266. The predicted molar refractivity (Wildman–Crippen MR) is 63.8 cm³/mol. The molecule has 0 atom stereocenters. The third-order valence-electron chi connectivity index (χ3n) is 1.91. The van der Waals surface area contributed by atoms with Crippen LogP contribution in [0.2, 0.25) is 0 Å². The Morgan fingerprint density at radius 3 is 2.60 bits per heavy atom. The summed E-state index contributed by atoms with van der Waals surface area (Å²) in [4.78, 5) is 13.1. The van der Waals surface area contributed by atoms with Crippen LogP contribution in [-0.4, -0.2) is 12.6 Å². The number of hydrogen-bond donors (Lipinski definition) is 0. The Balaban J connectivity index is 2.67. The summed E-state index contributed by atoms with van der Waals surface area (Å²) < 4.78 is 4.93. The van der Waals surface area contributed by atoms with E-state index in [9.17, 15) is 4.79 Å². The first-order valence-corrected chi connectivity index (χ1v) is 5.69. The van der Waals surface area contributed by atoms with Crippen molar-refractivity contribution in [3.05, 3.63) is 46.5 Å². The highest BCUT2D eigenvalue weighted by atomic mass is 79.9. The lowest BCUT2D eigenvalue weighted by Crippen LogP contribution is -2.09. The molecule has 80 valence electrons. The molecule has 0 aliphatic carbocycles. The molecule has 0 aliphatic rings. The molecule has 0 saturated carbocycles. The zero-order valence-electron chi connectivity index (χ0n) is 8.57. The molecule has 1 aromatic carbocycles. The molecule has 0 saturated heterocycles. The molecule has 3 heteroatoms. The van der Waals surface area contributed by atoms with Crippen LogP contribution < -0.4 is 0 Å². The molecule has 0 N–H and O–H groups in total. The normalized spacial score (nSPS) is 11.2. The molecule has 0 radical (unpaired) electrons. The second-order valence-corrected chi connectivity index (χ2v) is 3.48. The van der Waals surface area contributed by atoms with Crippen molar-refractivity contribution in [1.29, 1.82) is 0 Å². The van der Waals surface area contributed by atoms with E-state index in [4.69, 9.17) is 4.74 Å². The largest absolute Gasteiger partial charge is 0.463 e. The fourth-order valence-electron chi connectivity index (χ4n) is 1.19. The summed E-state index contributed by atoms with van der Waals surface area (Å²) in [5, 5.41) is 0. The van der Waals surface area contributed by atoms with Gasteiger partial charge in [-0.25, -0.2) is 4.79 Å². The van der Waals surface area contributed by atoms with Crippen molar-refractivity contribution in [2.75, 3.05) is 6.61 Å². The Bertz CT molecular complexity index is 344. The van der Waals surface area contributed by atoms with Gasteiger partial charge < -0.3 is 4.74 Å². The van der Waals surface area contributed by atoms with E-state index in [2.05, 4.69) is 15.9 Å². The van der Waals surface area contributed by atoms with E-state index >= 15 is 0 Å². The number of hydrogen-bond acceptors (Lipinski definition) is 2. The summed E-state index contributed by atoms with van der Waals surface area (Å²) in [6, 6.07) is 9.81. The molecule has 1 aromatic rings. The third kappa shape index (κ3) is 3.88. The van der Waals surface area contributed by atoms with Crippen LogP contribution in [0, 0.1) is 0 Å². The van der Waals surface area contributed by atoms with Gasteiger partial charge in [-0.05, 0) is 17.5 Å². The zero-order chi connectivity index (χ0) is 11.1. The Morgan fingerprint density at radius 1 is 1.40 bits per heavy atom. The number of esters is 1. The van der Waals surface area contributed by atoms with E-state index in [1.165, 1.54) is 0 Å². The highest BCUT2D eigenvalue weighted by molar-refractivity contribution is 9.11. The Kier molecular flexibility index (Phi) is 5.12. The molecule has 15 heavy (non-hydrogen) atoms. The standard InChI is InChI=1S/C12H13BrO2/c1-2-15-12(14)11(9-13)8-10-6-4-3-5-7-10/h3-7,9H,2,8H2,1H3/b11-9+. The lowest BCUT2D eigenvalue weighted by molar-refractivity contribution is -0.138. The Morgan fingerprint density at radius 2 is 2.07 bits per heavy atom. The summed E-state index contributed by atoms with van der Waals surface area (Å²) in [6.07, 6.45) is 0.588. The lowest BCUT2D eigenvalue weighted by Gasteiger charge is -2.05. The number of ether oxygens (including phenoxy) is 1. The molecule has 0 unspecified atom stereocenters.